The predicted molar refractivity (Wildman–Crippen MR) is 113 cm³/mol. The van der Waals surface area contributed by atoms with Gasteiger partial charge in [-0.1, -0.05) is 41.9 Å². The number of Topliss-reactive ketones (excluding diaryl/α,β-unsaturated/α-hetero) is 2. The van der Waals surface area contributed by atoms with E-state index in [1.54, 1.807) is 49.4 Å². The van der Waals surface area contributed by atoms with Gasteiger partial charge in [-0.3, -0.25) is 24.1 Å². The van der Waals surface area contributed by atoms with Crippen LogP contribution < -0.4 is 4.90 Å². The molecule has 2 aromatic carbocycles. The molecule has 3 saturated heterocycles. The Morgan fingerprint density at radius 3 is 2.32 bits per heavy atom. The molecule has 3 aliphatic heterocycles. The highest BCUT2D eigenvalue weighted by molar-refractivity contribution is 6.38. The molecule has 0 aromatic heterocycles. The predicted octanol–water partition coefficient (Wildman–Crippen LogP) is 3.05. The zero-order valence-corrected chi connectivity index (χ0v) is 17.6. The SMILES string of the molecule is Cc1ccc(Cl)cc1N1C(=O)[C@H]2[C@@H](C1=O)C1(C(=O)c3ccccc3C1=O)N1CCC[C@@H]21. The molecule has 7 heteroatoms. The normalized spacial score (nSPS) is 28.6. The number of hydrogen-bond donors (Lipinski definition) is 0. The molecule has 156 valence electrons. The molecule has 0 bridgehead atoms. The van der Waals surface area contributed by atoms with Crippen LogP contribution in [0.15, 0.2) is 42.5 Å². The van der Waals surface area contributed by atoms with E-state index >= 15 is 0 Å². The highest BCUT2D eigenvalue weighted by Crippen LogP contribution is 2.57. The van der Waals surface area contributed by atoms with E-state index in [4.69, 9.17) is 11.6 Å². The van der Waals surface area contributed by atoms with Crippen molar-refractivity contribution in [3.8, 4) is 0 Å². The number of amides is 2. The highest BCUT2D eigenvalue weighted by atomic mass is 35.5. The minimum atomic E-state index is -1.62. The summed E-state index contributed by atoms with van der Waals surface area (Å²) >= 11 is 6.16. The van der Waals surface area contributed by atoms with Crippen molar-refractivity contribution in [1.29, 1.82) is 0 Å². The summed E-state index contributed by atoms with van der Waals surface area (Å²) in [6.45, 7) is 2.33. The zero-order chi connectivity index (χ0) is 21.7. The maximum atomic E-state index is 13.8. The van der Waals surface area contributed by atoms with Crippen LogP contribution in [0.5, 0.6) is 0 Å². The van der Waals surface area contributed by atoms with Crippen LogP contribution in [0.1, 0.15) is 39.1 Å². The van der Waals surface area contributed by atoms with E-state index in [1.165, 1.54) is 0 Å². The number of benzene rings is 2. The third-order valence-electron chi connectivity index (χ3n) is 7.49. The van der Waals surface area contributed by atoms with E-state index in [9.17, 15) is 19.2 Å². The molecule has 3 heterocycles. The first-order valence-corrected chi connectivity index (χ1v) is 10.9. The fraction of sp³-hybridized carbons (Fsp3) is 0.333. The second-order valence-corrected chi connectivity index (χ2v) is 9.26. The van der Waals surface area contributed by atoms with Crippen LogP contribution in [0.2, 0.25) is 5.02 Å². The molecule has 1 spiro atoms. The van der Waals surface area contributed by atoms with Crippen LogP contribution in [0.25, 0.3) is 0 Å². The number of ketones is 2. The lowest BCUT2D eigenvalue weighted by Crippen LogP contribution is -2.59. The van der Waals surface area contributed by atoms with Crippen molar-refractivity contribution in [2.75, 3.05) is 11.4 Å². The van der Waals surface area contributed by atoms with Crippen molar-refractivity contribution in [1.82, 2.24) is 4.90 Å². The Kier molecular flexibility index (Phi) is 3.73. The monoisotopic (exact) mass is 434 g/mol. The topological polar surface area (TPSA) is 74.8 Å². The van der Waals surface area contributed by atoms with E-state index < -0.39 is 23.3 Å². The van der Waals surface area contributed by atoms with Crippen molar-refractivity contribution in [3.63, 3.8) is 0 Å². The molecule has 0 radical (unpaired) electrons. The average molecular weight is 435 g/mol. The summed E-state index contributed by atoms with van der Waals surface area (Å²) in [5.74, 6) is -3.25. The Morgan fingerprint density at radius 2 is 1.65 bits per heavy atom. The fourth-order valence-corrected chi connectivity index (χ4v) is 6.46. The molecule has 3 atom stereocenters. The van der Waals surface area contributed by atoms with Crippen LogP contribution in [-0.4, -0.2) is 46.4 Å². The van der Waals surface area contributed by atoms with E-state index in [-0.39, 0.29) is 23.5 Å². The number of imide groups is 1. The maximum Gasteiger partial charge on any atom is 0.240 e. The van der Waals surface area contributed by atoms with Crippen molar-refractivity contribution >= 4 is 40.7 Å². The molecular formula is C24H19ClN2O4. The highest BCUT2D eigenvalue weighted by Gasteiger charge is 2.76. The van der Waals surface area contributed by atoms with Gasteiger partial charge in [0.1, 0.15) is 0 Å². The lowest BCUT2D eigenvalue weighted by molar-refractivity contribution is -0.124. The molecule has 6 nitrogen and oxygen atoms in total. The smallest absolute Gasteiger partial charge is 0.240 e. The first-order chi connectivity index (χ1) is 14.9. The number of carbonyl (C=O) groups excluding carboxylic acids is 4. The van der Waals surface area contributed by atoms with E-state index in [0.717, 1.165) is 16.9 Å². The lowest BCUT2D eigenvalue weighted by atomic mass is 9.76. The van der Waals surface area contributed by atoms with Gasteiger partial charge in [0, 0.05) is 22.2 Å². The number of hydrogen-bond acceptors (Lipinski definition) is 5. The quantitative estimate of drug-likeness (QED) is 0.509. The zero-order valence-electron chi connectivity index (χ0n) is 16.8. The first-order valence-electron chi connectivity index (χ1n) is 10.5. The summed E-state index contributed by atoms with van der Waals surface area (Å²) in [5.41, 5.74) is 0.222. The molecule has 0 saturated carbocycles. The van der Waals surface area contributed by atoms with Crippen molar-refractivity contribution in [2.24, 2.45) is 11.8 Å². The molecule has 2 aromatic rings. The molecule has 0 unspecified atom stereocenters. The summed E-state index contributed by atoms with van der Waals surface area (Å²) in [6, 6.07) is 11.5. The second kappa shape index (κ2) is 6.11. The van der Waals surface area contributed by atoms with Crippen LogP contribution in [0.4, 0.5) is 5.69 Å². The number of fused-ring (bicyclic) bond motifs is 6. The Morgan fingerprint density at radius 1 is 0.968 bits per heavy atom. The van der Waals surface area contributed by atoms with Gasteiger partial charge in [0.25, 0.3) is 0 Å². The van der Waals surface area contributed by atoms with E-state index in [0.29, 0.717) is 34.8 Å². The molecule has 0 N–H and O–H groups in total. The maximum absolute atomic E-state index is 13.8. The Hall–Kier alpha value is -2.83. The Bertz CT molecular complexity index is 1190. The van der Waals surface area contributed by atoms with Crippen molar-refractivity contribution in [3.05, 3.63) is 64.2 Å². The third kappa shape index (κ3) is 2.07. The van der Waals surface area contributed by atoms with Crippen LogP contribution in [0, 0.1) is 18.8 Å². The summed E-state index contributed by atoms with van der Waals surface area (Å²) in [7, 11) is 0. The number of rotatable bonds is 1. The number of aryl methyl sites for hydroxylation is 1. The van der Waals surface area contributed by atoms with Crippen LogP contribution in [-0.2, 0) is 9.59 Å². The number of carbonyl (C=O) groups is 4. The summed E-state index contributed by atoms with van der Waals surface area (Å²) in [4.78, 5) is 58.0. The van der Waals surface area contributed by atoms with Crippen molar-refractivity contribution < 1.29 is 19.2 Å². The van der Waals surface area contributed by atoms with Crippen LogP contribution in [0.3, 0.4) is 0 Å². The Balaban J connectivity index is 1.56. The van der Waals surface area contributed by atoms with Gasteiger partial charge in [-0.05, 0) is 44.0 Å². The molecule has 6 rings (SSSR count). The molecule has 4 aliphatic rings. The van der Waals surface area contributed by atoms with E-state index in [1.807, 2.05) is 4.90 Å². The standard InChI is InChI=1S/C24H19ClN2O4/c1-12-8-9-13(25)11-17(12)27-22(30)18-16-7-4-10-26(16)24(19(18)23(27)31)20(28)14-5-2-3-6-15(14)21(24)29/h2-3,5-6,8-9,11,16,18-19H,4,7,10H2,1H3/t16-,18+,19-/m0/s1. The molecule has 2 amide bonds. The minimum absolute atomic E-state index is 0.298. The average Bonchev–Trinajstić information content (AvgIpc) is 3.45. The first kappa shape index (κ1) is 18.9. The number of nitrogens with zero attached hydrogens (tertiary/aromatic N) is 2. The summed E-state index contributed by atoms with van der Waals surface area (Å²) < 4.78 is 0. The molecule has 1 aliphatic carbocycles. The number of anilines is 1. The molecule has 3 fully saturated rings. The lowest BCUT2D eigenvalue weighted by Gasteiger charge is -2.35. The van der Waals surface area contributed by atoms with Gasteiger partial charge in [-0.25, -0.2) is 4.90 Å². The van der Waals surface area contributed by atoms with Crippen LogP contribution >= 0.6 is 11.6 Å². The van der Waals surface area contributed by atoms with E-state index in [2.05, 4.69) is 0 Å². The van der Waals surface area contributed by atoms with Gasteiger partial charge in [0.05, 0.1) is 17.5 Å². The Labute approximate surface area is 183 Å². The van der Waals surface area contributed by atoms with Gasteiger partial charge in [0.15, 0.2) is 17.1 Å². The van der Waals surface area contributed by atoms with Gasteiger partial charge >= 0.3 is 0 Å². The molecule has 31 heavy (non-hydrogen) atoms. The van der Waals surface area contributed by atoms with Gasteiger partial charge in [-0.15, -0.1) is 0 Å². The number of halogens is 1. The molecular weight excluding hydrogens is 416 g/mol. The van der Waals surface area contributed by atoms with Gasteiger partial charge in [0.2, 0.25) is 11.8 Å². The minimum Gasteiger partial charge on any atom is -0.291 e. The second-order valence-electron chi connectivity index (χ2n) is 8.82. The van der Waals surface area contributed by atoms with Gasteiger partial charge in [-0.2, -0.15) is 0 Å². The third-order valence-corrected chi connectivity index (χ3v) is 7.72. The van der Waals surface area contributed by atoms with Crippen molar-refractivity contribution in [2.45, 2.75) is 31.3 Å². The fourth-order valence-electron chi connectivity index (χ4n) is 6.30. The van der Waals surface area contributed by atoms with Gasteiger partial charge < -0.3 is 0 Å². The largest absolute Gasteiger partial charge is 0.291 e. The summed E-state index contributed by atoms with van der Waals surface area (Å²) in [5, 5.41) is 0.413. The summed E-state index contributed by atoms with van der Waals surface area (Å²) in [6.07, 6.45) is 1.46.